The van der Waals surface area contributed by atoms with E-state index in [1.807, 2.05) is 6.07 Å². The normalized spacial score (nSPS) is 10.6. The van der Waals surface area contributed by atoms with Crippen LogP contribution in [0.4, 0.5) is 11.4 Å². The molecule has 1 amide bonds. The summed E-state index contributed by atoms with van der Waals surface area (Å²) in [5, 5.41) is 21.3. The van der Waals surface area contributed by atoms with Gasteiger partial charge in [0, 0.05) is 30.7 Å². The smallest absolute Gasteiger partial charge is 0.267 e. The standard InChI is InChI=1S/C19H19N3O4/c1-22(15-5-7-16(23)8-6-15)12-13(11-20)19(24)21-14-4-9-17(25-2)18(10-14)26-3/h4-10,12,23H,1-3H3,(H,21,24)/b13-12-. The summed E-state index contributed by atoms with van der Waals surface area (Å²) in [6.07, 6.45) is 1.42. The molecule has 0 bridgehead atoms. The minimum Gasteiger partial charge on any atom is -0.508 e. The van der Waals surface area contributed by atoms with Crippen LogP contribution in [0.1, 0.15) is 0 Å². The minimum absolute atomic E-state index is 0.0737. The van der Waals surface area contributed by atoms with Crippen LogP contribution in [0.2, 0.25) is 0 Å². The van der Waals surface area contributed by atoms with E-state index < -0.39 is 5.91 Å². The largest absolute Gasteiger partial charge is 0.508 e. The minimum atomic E-state index is -0.551. The fourth-order valence-electron chi connectivity index (χ4n) is 2.21. The highest BCUT2D eigenvalue weighted by atomic mass is 16.5. The Bertz CT molecular complexity index is 854. The predicted molar refractivity (Wildman–Crippen MR) is 98.4 cm³/mol. The first-order chi connectivity index (χ1) is 12.5. The first-order valence-corrected chi connectivity index (χ1v) is 7.65. The van der Waals surface area contributed by atoms with Gasteiger partial charge in [-0.05, 0) is 36.4 Å². The monoisotopic (exact) mass is 353 g/mol. The molecular weight excluding hydrogens is 334 g/mol. The molecule has 0 aliphatic heterocycles. The van der Waals surface area contributed by atoms with Gasteiger partial charge >= 0.3 is 0 Å². The van der Waals surface area contributed by atoms with Crippen LogP contribution in [0.25, 0.3) is 0 Å². The molecule has 134 valence electrons. The summed E-state index contributed by atoms with van der Waals surface area (Å²) in [5.74, 6) is 0.589. The number of aromatic hydroxyl groups is 1. The van der Waals surface area contributed by atoms with Gasteiger partial charge in [0.2, 0.25) is 0 Å². The van der Waals surface area contributed by atoms with Gasteiger partial charge in [0.25, 0.3) is 5.91 Å². The lowest BCUT2D eigenvalue weighted by atomic mass is 10.2. The Morgan fingerprint density at radius 2 is 1.81 bits per heavy atom. The van der Waals surface area contributed by atoms with E-state index >= 15 is 0 Å². The van der Waals surface area contributed by atoms with Gasteiger partial charge in [-0.2, -0.15) is 5.26 Å². The molecule has 0 aliphatic carbocycles. The summed E-state index contributed by atoms with van der Waals surface area (Å²) in [7, 11) is 4.72. The van der Waals surface area contributed by atoms with E-state index in [2.05, 4.69) is 5.32 Å². The lowest BCUT2D eigenvalue weighted by Crippen LogP contribution is -2.17. The maximum atomic E-state index is 12.4. The molecule has 26 heavy (non-hydrogen) atoms. The molecule has 0 aromatic heterocycles. The molecule has 0 radical (unpaired) electrons. The van der Waals surface area contributed by atoms with Crippen molar-refractivity contribution >= 4 is 17.3 Å². The fourth-order valence-corrected chi connectivity index (χ4v) is 2.21. The quantitative estimate of drug-likeness (QED) is 0.612. The number of carbonyl (C=O) groups excluding carboxylic acids is 1. The van der Waals surface area contributed by atoms with E-state index in [1.54, 1.807) is 42.3 Å². The number of ether oxygens (including phenoxy) is 2. The maximum Gasteiger partial charge on any atom is 0.267 e. The molecule has 0 unspecified atom stereocenters. The van der Waals surface area contributed by atoms with Crippen molar-refractivity contribution in [2.45, 2.75) is 0 Å². The number of amides is 1. The lowest BCUT2D eigenvalue weighted by molar-refractivity contribution is -0.112. The molecule has 0 saturated heterocycles. The molecular formula is C19H19N3O4. The molecule has 2 rings (SSSR count). The Hall–Kier alpha value is -3.66. The number of hydrogen-bond donors (Lipinski definition) is 2. The van der Waals surface area contributed by atoms with Crippen molar-refractivity contribution in [3.63, 3.8) is 0 Å². The Labute approximate surface area is 151 Å². The van der Waals surface area contributed by atoms with Gasteiger partial charge in [-0.1, -0.05) is 0 Å². The van der Waals surface area contributed by atoms with Gasteiger partial charge in [0.05, 0.1) is 14.2 Å². The van der Waals surface area contributed by atoms with Gasteiger partial charge in [0.1, 0.15) is 17.4 Å². The second-order valence-electron chi connectivity index (χ2n) is 5.31. The molecule has 0 saturated carbocycles. The average Bonchev–Trinajstić information content (AvgIpc) is 2.66. The van der Waals surface area contributed by atoms with E-state index in [9.17, 15) is 15.2 Å². The van der Waals surface area contributed by atoms with Crippen LogP contribution >= 0.6 is 0 Å². The Morgan fingerprint density at radius 1 is 1.15 bits per heavy atom. The summed E-state index contributed by atoms with van der Waals surface area (Å²) >= 11 is 0. The average molecular weight is 353 g/mol. The summed E-state index contributed by atoms with van der Waals surface area (Å²) in [6.45, 7) is 0. The molecule has 0 atom stereocenters. The zero-order valence-corrected chi connectivity index (χ0v) is 14.7. The second-order valence-corrected chi connectivity index (χ2v) is 5.31. The van der Waals surface area contributed by atoms with E-state index in [0.717, 1.165) is 5.69 Å². The molecule has 2 aromatic carbocycles. The van der Waals surface area contributed by atoms with Crippen LogP contribution in [0.15, 0.2) is 54.2 Å². The van der Waals surface area contributed by atoms with Crippen molar-refractivity contribution in [1.82, 2.24) is 0 Å². The van der Waals surface area contributed by atoms with Crippen LogP contribution in [-0.4, -0.2) is 32.3 Å². The number of methoxy groups -OCH3 is 2. The fraction of sp³-hybridized carbons (Fsp3) is 0.158. The molecule has 0 fully saturated rings. The number of nitriles is 1. The number of carbonyl (C=O) groups is 1. The number of rotatable bonds is 6. The number of nitrogens with zero attached hydrogens (tertiary/aromatic N) is 2. The number of phenols is 1. The Morgan fingerprint density at radius 3 is 2.38 bits per heavy atom. The summed E-state index contributed by atoms with van der Waals surface area (Å²) in [5.41, 5.74) is 1.12. The molecule has 0 spiro atoms. The summed E-state index contributed by atoms with van der Waals surface area (Å²) < 4.78 is 10.3. The number of anilines is 2. The van der Waals surface area contributed by atoms with Crippen LogP contribution < -0.4 is 19.7 Å². The molecule has 7 nitrogen and oxygen atoms in total. The van der Waals surface area contributed by atoms with Crippen molar-refractivity contribution in [2.75, 3.05) is 31.5 Å². The molecule has 7 heteroatoms. The van der Waals surface area contributed by atoms with E-state index in [-0.39, 0.29) is 11.3 Å². The van der Waals surface area contributed by atoms with E-state index in [0.29, 0.717) is 17.2 Å². The molecule has 2 aromatic rings. The van der Waals surface area contributed by atoms with Crippen LogP contribution in [0, 0.1) is 11.3 Å². The summed E-state index contributed by atoms with van der Waals surface area (Å²) in [4.78, 5) is 14.0. The van der Waals surface area contributed by atoms with Crippen molar-refractivity contribution in [2.24, 2.45) is 0 Å². The highest BCUT2D eigenvalue weighted by Gasteiger charge is 2.13. The van der Waals surface area contributed by atoms with Crippen molar-refractivity contribution in [3.05, 3.63) is 54.2 Å². The van der Waals surface area contributed by atoms with Crippen molar-refractivity contribution in [1.29, 1.82) is 5.26 Å². The van der Waals surface area contributed by atoms with Gasteiger partial charge in [0.15, 0.2) is 11.5 Å². The van der Waals surface area contributed by atoms with Gasteiger partial charge in [-0.3, -0.25) is 4.79 Å². The van der Waals surface area contributed by atoms with Crippen molar-refractivity contribution < 1.29 is 19.4 Å². The highest BCUT2D eigenvalue weighted by Crippen LogP contribution is 2.29. The van der Waals surface area contributed by atoms with Crippen LogP contribution in [-0.2, 0) is 4.79 Å². The van der Waals surface area contributed by atoms with Crippen molar-refractivity contribution in [3.8, 4) is 23.3 Å². The number of hydrogen-bond acceptors (Lipinski definition) is 6. The van der Waals surface area contributed by atoms with E-state index in [1.165, 1.54) is 32.6 Å². The third-order valence-electron chi connectivity index (χ3n) is 3.59. The third kappa shape index (κ3) is 4.45. The zero-order chi connectivity index (χ0) is 19.1. The lowest BCUT2D eigenvalue weighted by Gasteiger charge is -2.15. The molecule has 0 aliphatic rings. The number of nitrogens with one attached hydrogen (secondary N) is 1. The first kappa shape index (κ1) is 18.7. The van der Waals surface area contributed by atoms with Crippen LogP contribution in [0.5, 0.6) is 17.2 Å². The Kier molecular flexibility index (Phi) is 6.06. The predicted octanol–water partition coefficient (Wildman–Crippen LogP) is 2.89. The Balaban J connectivity index is 2.18. The third-order valence-corrected chi connectivity index (χ3v) is 3.59. The number of benzene rings is 2. The summed E-state index contributed by atoms with van der Waals surface area (Å²) in [6, 6.07) is 13.2. The van der Waals surface area contributed by atoms with E-state index in [4.69, 9.17) is 9.47 Å². The SMILES string of the molecule is COc1ccc(NC(=O)/C(C#N)=C\N(C)c2ccc(O)cc2)cc1OC. The maximum absolute atomic E-state index is 12.4. The van der Waals surface area contributed by atoms with Crippen LogP contribution in [0.3, 0.4) is 0 Å². The first-order valence-electron chi connectivity index (χ1n) is 7.65. The molecule has 2 N–H and O–H groups in total. The highest BCUT2D eigenvalue weighted by molar-refractivity contribution is 6.06. The molecule has 0 heterocycles. The van der Waals surface area contributed by atoms with Gasteiger partial charge < -0.3 is 24.8 Å². The topological polar surface area (TPSA) is 94.8 Å². The zero-order valence-electron chi connectivity index (χ0n) is 14.7. The van der Waals surface area contributed by atoms with Gasteiger partial charge in [-0.15, -0.1) is 0 Å². The van der Waals surface area contributed by atoms with Gasteiger partial charge in [-0.25, -0.2) is 0 Å². The number of phenolic OH excluding ortho intramolecular Hbond substituents is 1. The second kappa shape index (κ2) is 8.44.